The summed E-state index contributed by atoms with van der Waals surface area (Å²) in [6, 6.07) is 8.53. The van der Waals surface area contributed by atoms with Gasteiger partial charge in [-0.3, -0.25) is 9.97 Å². The summed E-state index contributed by atoms with van der Waals surface area (Å²) in [5.74, 6) is 0. The minimum atomic E-state index is 0.319. The molecule has 0 radical (unpaired) electrons. The van der Waals surface area contributed by atoms with E-state index in [-0.39, 0.29) is 0 Å². The molecule has 0 aliphatic rings. The van der Waals surface area contributed by atoms with Crippen LogP contribution in [0.3, 0.4) is 0 Å². The fourth-order valence-corrected chi connectivity index (χ4v) is 1.64. The Hall–Kier alpha value is -1.74. The second-order valence-corrected chi connectivity index (χ2v) is 4.19. The standard InChI is InChI=1S/C14H17N3/c1-11-3-4-13(9-16-11)10-17-12(2)14-5-7-15-8-6-14/h3-9,12,17H,10H2,1-2H3/t12-/m1/s1. The molecule has 0 aliphatic carbocycles. The van der Waals surface area contributed by atoms with E-state index in [0.29, 0.717) is 6.04 Å². The number of nitrogens with one attached hydrogen (secondary N) is 1. The van der Waals surface area contributed by atoms with Crippen molar-refractivity contribution in [1.82, 2.24) is 15.3 Å². The molecule has 3 heteroatoms. The first-order valence-corrected chi connectivity index (χ1v) is 5.80. The Morgan fingerprint density at radius 2 is 1.94 bits per heavy atom. The van der Waals surface area contributed by atoms with E-state index in [1.165, 1.54) is 11.1 Å². The number of hydrogen-bond donors (Lipinski definition) is 1. The minimum absolute atomic E-state index is 0.319. The van der Waals surface area contributed by atoms with Gasteiger partial charge in [0, 0.05) is 36.9 Å². The molecule has 0 unspecified atom stereocenters. The Kier molecular flexibility index (Phi) is 3.83. The largest absolute Gasteiger partial charge is 0.306 e. The second-order valence-electron chi connectivity index (χ2n) is 4.19. The van der Waals surface area contributed by atoms with Crippen LogP contribution in [0, 0.1) is 6.92 Å². The normalized spacial score (nSPS) is 12.4. The summed E-state index contributed by atoms with van der Waals surface area (Å²) >= 11 is 0. The fraction of sp³-hybridized carbons (Fsp3) is 0.286. The topological polar surface area (TPSA) is 37.8 Å². The van der Waals surface area contributed by atoms with E-state index in [2.05, 4.69) is 28.3 Å². The van der Waals surface area contributed by atoms with Gasteiger partial charge in [0.2, 0.25) is 0 Å². The van der Waals surface area contributed by atoms with E-state index in [1.807, 2.05) is 43.7 Å². The van der Waals surface area contributed by atoms with Crippen LogP contribution in [0.25, 0.3) is 0 Å². The smallest absolute Gasteiger partial charge is 0.0372 e. The Morgan fingerprint density at radius 1 is 1.18 bits per heavy atom. The minimum Gasteiger partial charge on any atom is -0.306 e. The number of aryl methyl sites for hydroxylation is 1. The quantitative estimate of drug-likeness (QED) is 0.872. The predicted molar refractivity (Wildman–Crippen MR) is 68.5 cm³/mol. The molecular weight excluding hydrogens is 210 g/mol. The maximum Gasteiger partial charge on any atom is 0.0372 e. The number of hydrogen-bond acceptors (Lipinski definition) is 3. The van der Waals surface area contributed by atoms with E-state index in [0.717, 1.165) is 12.2 Å². The van der Waals surface area contributed by atoms with Crippen molar-refractivity contribution in [1.29, 1.82) is 0 Å². The lowest BCUT2D eigenvalue weighted by Gasteiger charge is -2.13. The molecule has 88 valence electrons. The Labute approximate surface area is 102 Å². The van der Waals surface area contributed by atoms with Crippen LogP contribution in [-0.2, 0) is 6.54 Å². The molecule has 1 N–H and O–H groups in total. The van der Waals surface area contributed by atoms with Gasteiger partial charge in [0.25, 0.3) is 0 Å². The van der Waals surface area contributed by atoms with E-state index < -0.39 is 0 Å². The first kappa shape index (κ1) is 11.7. The van der Waals surface area contributed by atoms with Gasteiger partial charge >= 0.3 is 0 Å². The van der Waals surface area contributed by atoms with Gasteiger partial charge in [-0.1, -0.05) is 6.07 Å². The number of aromatic nitrogens is 2. The molecule has 17 heavy (non-hydrogen) atoms. The summed E-state index contributed by atoms with van der Waals surface area (Å²) in [4.78, 5) is 8.30. The molecule has 0 bridgehead atoms. The Balaban J connectivity index is 1.92. The first-order chi connectivity index (χ1) is 8.25. The van der Waals surface area contributed by atoms with Crippen LogP contribution in [0.4, 0.5) is 0 Å². The molecule has 0 aromatic carbocycles. The Bertz CT molecular complexity index is 451. The average Bonchev–Trinajstić information content (AvgIpc) is 2.39. The van der Waals surface area contributed by atoms with Crippen molar-refractivity contribution in [3.8, 4) is 0 Å². The molecule has 0 spiro atoms. The van der Waals surface area contributed by atoms with Crippen LogP contribution in [0.15, 0.2) is 42.9 Å². The van der Waals surface area contributed by atoms with E-state index >= 15 is 0 Å². The van der Waals surface area contributed by atoms with Crippen LogP contribution < -0.4 is 5.32 Å². The van der Waals surface area contributed by atoms with Gasteiger partial charge in [-0.2, -0.15) is 0 Å². The molecule has 0 fully saturated rings. The zero-order valence-electron chi connectivity index (χ0n) is 10.2. The zero-order chi connectivity index (χ0) is 12.1. The summed E-state index contributed by atoms with van der Waals surface area (Å²) in [6.45, 7) is 4.98. The molecular formula is C14H17N3. The van der Waals surface area contributed by atoms with Crippen LogP contribution in [0.2, 0.25) is 0 Å². The highest BCUT2D eigenvalue weighted by Gasteiger charge is 2.03. The van der Waals surface area contributed by atoms with Crippen molar-refractivity contribution in [2.75, 3.05) is 0 Å². The summed E-state index contributed by atoms with van der Waals surface area (Å²) in [5.41, 5.74) is 3.51. The predicted octanol–water partition coefficient (Wildman–Crippen LogP) is 2.64. The van der Waals surface area contributed by atoms with Crippen LogP contribution in [-0.4, -0.2) is 9.97 Å². The van der Waals surface area contributed by atoms with Gasteiger partial charge in [-0.15, -0.1) is 0 Å². The maximum absolute atomic E-state index is 4.28. The molecule has 0 aliphatic heterocycles. The lowest BCUT2D eigenvalue weighted by atomic mass is 10.1. The maximum atomic E-state index is 4.28. The third-order valence-corrected chi connectivity index (χ3v) is 2.79. The van der Waals surface area contributed by atoms with Crippen molar-refractivity contribution < 1.29 is 0 Å². The van der Waals surface area contributed by atoms with Gasteiger partial charge in [-0.25, -0.2) is 0 Å². The van der Waals surface area contributed by atoms with E-state index in [9.17, 15) is 0 Å². The van der Waals surface area contributed by atoms with Crippen molar-refractivity contribution in [2.45, 2.75) is 26.4 Å². The SMILES string of the molecule is Cc1ccc(CN[C@H](C)c2ccncc2)cn1. The monoisotopic (exact) mass is 227 g/mol. The Morgan fingerprint density at radius 3 is 2.59 bits per heavy atom. The third-order valence-electron chi connectivity index (χ3n) is 2.79. The van der Waals surface area contributed by atoms with Crippen molar-refractivity contribution in [3.63, 3.8) is 0 Å². The van der Waals surface area contributed by atoms with E-state index in [1.54, 1.807) is 0 Å². The van der Waals surface area contributed by atoms with Crippen LogP contribution in [0.1, 0.15) is 29.8 Å². The van der Waals surface area contributed by atoms with Crippen molar-refractivity contribution in [2.24, 2.45) is 0 Å². The van der Waals surface area contributed by atoms with Crippen molar-refractivity contribution >= 4 is 0 Å². The van der Waals surface area contributed by atoms with Gasteiger partial charge < -0.3 is 5.32 Å². The molecule has 2 aromatic rings. The fourth-order valence-electron chi connectivity index (χ4n) is 1.64. The summed E-state index contributed by atoms with van der Waals surface area (Å²) in [5, 5.41) is 3.47. The first-order valence-electron chi connectivity index (χ1n) is 5.80. The number of nitrogens with zero attached hydrogens (tertiary/aromatic N) is 2. The summed E-state index contributed by atoms with van der Waals surface area (Å²) < 4.78 is 0. The molecule has 2 rings (SSSR count). The number of pyridine rings is 2. The molecule has 0 saturated heterocycles. The molecule has 2 aromatic heterocycles. The summed E-state index contributed by atoms with van der Waals surface area (Å²) in [7, 11) is 0. The average molecular weight is 227 g/mol. The summed E-state index contributed by atoms with van der Waals surface area (Å²) in [6.07, 6.45) is 5.56. The van der Waals surface area contributed by atoms with E-state index in [4.69, 9.17) is 0 Å². The molecule has 2 heterocycles. The highest BCUT2D eigenvalue weighted by atomic mass is 14.9. The molecule has 1 atom stereocenters. The van der Waals surface area contributed by atoms with Gasteiger partial charge in [0.05, 0.1) is 0 Å². The molecule has 0 saturated carbocycles. The highest BCUT2D eigenvalue weighted by molar-refractivity contribution is 5.16. The van der Waals surface area contributed by atoms with Crippen molar-refractivity contribution in [3.05, 3.63) is 59.7 Å². The lowest BCUT2D eigenvalue weighted by molar-refractivity contribution is 0.573. The lowest BCUT2D eigenvalue weighted by Crippen LogP contribution is -2.18. The third kappa shape index (κ3) is 3.36. The number of rotatable bonds is 4. The van der Waals surface area contributed by atoms with Gasteiger partial charge in [-0.05, 0) is 43.2 Å². The highest BCUT2D eigenvalue weighted by Crippen LogP contribution is 2.11. The van der Waals surface area contributed by atoms with Gasteiger partial charge in [0.15, 0.2) is 0 Å². The zero-order valence-corrected chi connectivity index (χ0v) is 10.2. The molecule has 3 nitrogen and oxygen atoms in total. The van der Waals surface area contributed by atoms with Gasteiger partial charge in [0.1, 0.15) is 0 Å². The second kappa shape index (κ2) is 5.55. The van der Waals surface area contributed by atoms with Crippen LogP contribution in [0.5, 0.6) is 0 Å². The molecule has 0 amide bonds. The van der Waals surface area contributed by atoms with Crippen LogP contribution >= 0.6 is 0 Å².